The van der Waals surface area contributed by atoms with Gasteiger partial charge in [0.15, 0.2) is 0 Å². The Bertz CT molecular complexity index is 4950. The highest BCUT2D eigenvalue weighted by Crippen LogP contribution is 2.60. The third-order valence-corrected chi connectivity index (χ3v) is 18.1. The second-order valence-electron chi connectivity index (χ2n) is 22.1. The minimum atomic E-state index is -0.742. The molecule has 0 unspecified atom stereocenters. The summed E-state index contributed by atoms with van der Waals surface area (Å²) in [6, 6.07) is 112. The highest BCUT2D eigenvalue weighted by Gasteiger charge is 2.48. The van der Waals surface area contributed by atoms with E-state index >= 15 is 0 Å². The number of ether oxygens (including phenoxy) is 2. The van der Waals surface area contributed by atoms with Crippen molar-refractivity contribution in [1.82, 2.24) is 0 Å². The lowest BCUT2D eigenvalue weighted by Gasteiger charge is -2.42. The fourth-order valence-electron chi connectivity index (χ4n) is 14.8. The van der Waals surface area contributed by atoms with Gasteiger partial charge in [-0.2, -0.15) is 0 Å². The topological polar surface area (TPSA) is 18.5 Å². The zero-order chi connectivity index (χ0) is 53.9. The lowest BCUT2D eigenvalue weighted by molar-refractivity contribution is 0.434. The highest BCUT2D eigenvalue weighted by molar-refractivity contribution is 6.30. The van der Waals surface area contributed by atoms with Crippen molar-refractivity contribution in [3.8, 4) is 56.4 Å². The molecular weight excluding hydrogens is 993 g/mol. The maximum absolute atomic E-state index is 7.14. The van der Waals surface area contributed by atoms with Gasteiger partial charge in [0, 0.05) is 22.3 Å². The van der Waals surface area contributed by atoms with Gasteiger partial charge in [-0.15, -0.1) is 0 Å². The molecule has 0 bridgehead atoms. The van der Waals surface area contributed by atoms with E-state index in [0.717, 1.165) is 78.3 Å². The van der Waals surface area contributed by atoms with E-state index in [-0.39, 0.29) is 0 Å². The summed E-state index contributed by atoms with van der Waals surface area (Å²) in [5.74, 6) is 3.40. The molecule has 382 valence electrons. The molecule has 0 radical (unpaired) electrons. The maximum atomic E-state index is 7.14. The summed E-state index contributed by atoms with van der Waals surface area (Å²) in [6.45, 7) is 0. The molecule has 17 rings (SSSR count). The molecule has 15 aromatic carbocycles. The quantitative estimate of drug-likeness (QED) is 0.117. The second-order valence-corrected chi connectivity index (χ2v) is 22.1. The Morgan fingerprint density at radius 2 is 0.683 bits per heavy atom. The van der Waals surface area contributed by atoms with E-state index in [9.17, 15) is 0 Å². The van der Waals surface area contributed by atoms with Crippen molar-refractivity contribution in [2.75, 3.05) is 0 Å². The van der Waals surface area contributed by atoms with Crippen molar-refractivity contribution in [3.05, 3.63) is 348 Å². The Balaban J connectivity index is 1.00. The molecule has 0 saturated carbocycles. The third kappa shape index (κ3) is 6.52. The first-order chi connectivity index (χ1) is 40.7. The number of rotatable bonds is 7. The van der Waals surface area contributed by atoms with E-state index in [2.05, 4.69) is 303 Å². The molecule has 0 aliphatic carbocycles. The second kappa shape index (κ2) is 18.0. The summed E-state index contributed by atoms with van der Waals surface area (Å²) < 4.78 is 14.1. The van der Waals surface area contributed by atoms with Gasteiger partial charge in [0.05, 0.1) is 10.8 Å². The minimum absolute atomic E-state index is 0.685. The van der Waals surface area contributed by atoms with Crippen molar-refractivity contribution in [3.63, 3.8) is 0 Å². The zero-order valence-corrected chi connectivity index (χ0v) is 44.7. The summed E-state index contributed by atoms with van der Waals surface area (Å²) in [6.07, 6.45) is 0. The molecule has 82 heavy (non-hydrogen) atoms. The van der Waals surface area contributed by atoms with Gasteiger partial charge in [0.25, 0.3) is 0 Å². The van der Waals surface area contributed by atoms with E-state index in [4.69, 9.17) is 9.47 Å². The summed E-state index contributed by atoms with van der Waals surface area (Å²) in [5.41, 5.74) is 14.6. The molecular formula is C80H50O2. The van der Waals surface area contributed by atoms with Gasteiger partial charge in [-0.3, -0.25) is 0 Å². The molecule has 0 aromatic heterocycles. The highest BCUT2D eigenvalue weighted by atomic mass is 16.5. The SMILES string of the molecule is c1ccc(C2(c3ccccc3)c3ccccc3Oc3ccc(-c4cccc5c(-c6cc7cccc8ccc9cccc6c9c87)c6cccc(-c7cccc8c7C(c7ccccc7)(c7ccccc7)c7ccccc7O8)c6cc45)cc32)cc1. The van der Waals surface area contributed by atoms with Crippen LogP contribution in [-0.2, 0) is 10.8 Å². The largest absolute Gasteiger partial charge is 0.457 e. The number of benzene rings is 15. The molecule has 0 atom stereocenters. The predicted molar refractivity (Wildman–Crippen MR) is 338 cm³/mol. The van der Waals surface area contributed by atoms with Gasteiger partial charge < -0.3 is 9.47 Å². The van der Waals surface area contributed by atoms with Crippen LogP contribution in [0.2, 0.25) is 0 Å². The van der Waals surface area contributed by atoms with Crippen LogP contribution in [0.3, 0.4) is 0 Å². The molecule has 15 aromatic rings. The van der Waals surface area contributed by atoms with Crippen LogP contribution in [-0.4, -0.2) is 0 Å². The van der Waals surface area contributed by atoms with Crippen LogP contribution in [0, 0.1) is 0 Å². The first kappa shape index (κ1) is 46.4. The molecule has 2 aliphatic heterocycles. The third-order valence-electron chi connectivity index (χ3n) is 18.1. The summed E-state index contributed by atoms with van der Waals surface area (Å²) in [4.78, 5) is 0. The molecule has 2 nitrogen and oxygen atoms in total. The lowest BCUT2D eigenvalue weighted by Crippen LogP contribution is -2.34. The monoisotopic (exact) mass is 1040 g/mol. The van der Waals surface area contributed by atoms with Gasteiger partial charge in [0.1, 0.15) is 23.0 Å². The Hall–Kier alpha value is -10.5. The van der Waals surface area contributed by atoms with Crippen molar-refractivity contribution in [1.29, 1.82) is 0 Å². The van der Waals surface area contributed by atoms with Gasteiger partial charge in [-0.1, -0.05) is 261 Å². The maximum Gasteiger partial charge on any atom is 0.132 e. The molecule has 0 amide bonds. The van der Waals surface area contributed by atoms with E-state index in [0.29, 0.717) is 0 Å². The van der Waals surface area contributed by atoms with Crippen LogP contribution in [0.15, 0.2) is 303 Å². The van der Waals surface area contributed by atoms with Crippen LogP contribution in [0.5, 0.6) is 23.0 Å². The average molecular weight is 1040 g/mol. The molecule has 0 fully saturated rings. The normalized spacial score (nSPS) is 13.8. The summed E-state index contributed by atoms with van der Waals surface area (Å²) in [7, 11) is 0. The predicted octanol–water partition coefficient (Wildman–Crippen LogP) is 20.9. The first-order valence-electron chi connectivity index (χ1n) is 28.4. The minimum Gasteiger partial charge on any atom is -0.457 e. The van der Waals surface area contributed by atoms with Crippen molar-refractivity contribution in [2.45, 2.75) is 10.8 Å². The van der Waals surface area contributed by atoms with Gasteiger partial charge >= 0.3 is 0 Å². The van der Waals surface area contributed by atoms with Crippen LogP contribution < -0.4 is 9.47 Å². The Kier molecular flexibility index (Phi) is 10.2. The number of fused-ring (bicyclic) bond motifs is 6. The number of hydrogen-bond donors (Lipinski definition) is 0. The molecule has 0 spiro atoms. The first-order valence-corrected chi connectivity index (χ1v) is 28.4. The van der Waals surface area contributed by atoms with Crippen LogP contribution in [0.1, 0.15) is 44.5 Å². The number of hydrogen-bond acceptors (Lipinski definition) is 2. The molecule has 0 saturated heterocycles. The van der Waals surface area contributed by atoms with E-state index < -0.39 is 10.8 Å². The van der Waals surface area contributed by atoms with Crippen LogP contribution in [0.25, 0.3) is 87.2 Å². The van der Waals surface area contributed by atoms with E-state index in [1.807, 2.05) is 0 Å². The van der Waals surface area contributed by atoms with E-state index in [1.54, 1.807) is 0 Å². The molecule has 2 heteroatoms. The molecule has 0 N–H and O–H groups in total. The van der Waals surface area contributed by atoms with Crippen molar-refractivity contribution in [2.24, 2.45) is 0 Å². The van der Waals surface area contributed by atoms with Crippen molar-refractivity contribution >= 4 is 53.9 Å². The smallest absolute Gasteiger partial charge is 0.132 e. The van der Waals surface area contributed by atoms with Crippen LogP contribution >= 0.6 is 0 Å². The Labute approximate surface area is 475 Å². The summed E-state index contributed by atoms with van der Waals surface area (Å²) in [5, 5.41) is 12.2. The lowest BCUT2D eigenvalue weighted by atomic mass is 9.62. The Morgan fingerprint density at radius 1 is 0.232 bits per heavy atom. The summed E-state index contributed by atoms with van der Waals surface area (Å²) >= 11 is 0. The van der Waals surface area contributed by atoms with Gasteiger partial charge in [-0.05, 0) is 152 Å². The molecule has 2 heterocycles. The van der Waals surface area contributed by atoms with Crippen LogP contribution in [0.4, 0.5) is 0 Å². The van der Waals surface area contributed by atoms with Crippen molar-refractivity contribution < 1.29 is 9.47 Å². The fourth-order valence-corrected chi connectivity index (χ4v) is 14.8. The van der Waals surface area contributed by atoms with E-state index in [1.165, 1.54) is 76.5 Å². The fraction of sp³-hybridized carbons (Fsp3) is 0.0250. The Morgan fingerprint density at radius 3 is 1.33 bits per heavy atom. The molecule has 2 aliphatic rings. The van der Waals surface area contributed by atoms with Gasteiger partial charge in [0.2, 0.25) is 0 Å². The zero-order valence-electron chi connectivity index (χ0n) is 44.7. The van der Waals surface area contributed by atoms with Gasteiger partial charge in [-0.25, -0.2) is 0 Å². The number of para-hydroxylation sites is 2. The standard InChI is InChI=1S/C80H50O2/c1-5-25-55(26-6-1)79(56-27-7-2-8-28-56)68-39-13-15-41-71(68)81-73-47-46-53(49-70(73)79)59-33-19-36-61-65(59)50-66-60(34-20-37-62(66)77(61)67-48-54-24-17-22-51-44-45-52-23-18-35-63(67)76(52)75(51)54)64-38-21-43-74-78(64)80(57-29-9-3-10-30-57,58-31-11-4-12-32-58)69-40-14-16-42-72(69)82-74/h1-50H. The average Bonchev–Trinajstić information content (AvgIpc) is 1.21.